The lowest BCUT2D eigenvalue weighted by Gasteiger charge is -2.24. The third-order valence-electron chi connectivity index (χ3n) is 2.83. The molecule has 2 bridgehead atoms. The topological polar surface area (TPSA) is 69.1 Å². The van der Waals surface area contributed by atoms with Gasteiger partial charge in [-0.1, -0.05) is 12.2 Å². The first-order valence-corrected chi connectivity index (χ1v) is 3.89. The molecule has 0 saturated heterocycles. The molecule has 3 atom stereocenters. The molecule has 0 aliphatic heterocycles. The molecule has 2 aliphatic rings. The highest BCUT2D eigenvalue weighted by atomic mass is 16.1. The summed E-state index contributed by atoms with van der Waals surface area (Å²) in [7, 11) is 0. The number of carbonyl (C=O) groups excluding carboxylic acids is 1. The summed E-state index contributed by atoms with van der Waals surface area (Å²) in [5, 5.41) is 0. The molecule has 3 nitrogen and oxygen atoms in total. The smallest absolute Gasteiger partial charge is 0.222 e. The Balaban J connectivity index is 2.29. The highest BCUT2D eigenvalue weighted by Crippen LogP contribution is 2.44. The van der Waals surface area contributed by atoms with Crippen molar-refractivity contribution in [1.82, 2.24) is 0 Å². The fraction of sp³-hybridized carbons (Fsp3) is 0.625. The van der Waals surface area contributed by atoms with Gasteiger partial charge < -0.3 is 11.5 Å². The van der Waals surface area contributed by atoms with Crippen molar-refractivity contribution in [3.8, 4) is 0 Å². The lowest BCUT2D eigenvalue weighted by molar-refractivity contribution is -0.122. The van der Waals surface area contributed by atoms with E-state index in [0.717, 1.165) is 12.8 Å². The number of fused-ring (bicyclic) bond motifs is 2. The van der Waals surface area contributed by atoms with E-state index in [9.17, 15) is 4.79 Å². The van der Waals surface area contributed by atoms with E-state index in [-0.39, 0.29) is 11.8 Å². The van der Waals surface area contributed by atoms with Gasteiger partial charge >= 0.3 is 0 Å². The van der Waals surface area contributed by atoms with E-state index in [4.69, 9.17) is 11.5 Å². The van der Waals surface area contributed by atoms with Gasteiger partial charge in [-0.3, -0.25) is 4.79 Å². The molecule has 11 heavy (non-hydrogen) atoms. The minimum absolute atomic E-state index is 0.127. The van der Waals surface area contributed by atoms with E-state index in [1.165, 1.54) is 0 Å². The van der Waals surface area contributed by atoms with Crippen molar-refractivity contribution in [3.63, 3.8) is 0 Å². The number of rotatable bonds is 1. The number of allylic oxidation sites excluding steroid dienone is 1. The average Bonchev–Trinajstić information content (AvgIpc) is 2.41. The van der Waals surface area contributed by atoms with Crippen molar-refractivity contribution in [3.05, 3.63) is 12.2 Å². The number of carbonyl (C=O) groups is 1. The van der Waals surface area contributed by atoms with Crippen LogP contribution >= 0.6 is 0 Å². The second kappa shape index (κ2) is 1.85. The van der Waals surface area contributed by atoms with Gasteiger partial charge in [-0.25, -0.2) is 0 Å². The van der Waals surface area contributed by atoms with Gasteiger partial charge in [0.25, 0.3) is 0 Å². The highest BCUT2D eigenvalue weighted by molar-refractivity contribution is 5.79. The van der Waals surface area contributed by atoms with Crippen LogP contribution in [0.25, 0.3) is 0 Å². The maximum Gasteiger partial charge on any atom is 0.222 e. The zero-order chi connectivity index (χ0) is 8.06. The number of hydrogen-bond donors (Lipinski definition) is 2. The minimum atomic E-state index is -0.406. The monoisotopic (exact) mass is 152 g/mol. The number of hydrogen-bond acceptors (Lipinski definition) is 2. The molecule has 0 aromatic carbocycles. The Morgan fingerprint density at radius 2 is 2.36 bits per heavy atom. The maximum atomic E-state index is 10.9. The molecule has 0 aromatic heterocycles. The summed E-state index contributed by atoms with van der Waals surface area (Å²) in [6.07, 6.45) is 5.79. The summed E-state index contributed by atoms with van der Waals surface area (Å²) in [5.74, 6) is 0.120. The Morgan fingerprint density at radius 1 is 1.64 bits per heavy atom. The molecule has 1 saturated carbocycles. The molecule has 0 heterocycles. The molecule has 0 spiro atoms. The molecule has 3 heteroatoms. The van der Waals surface area contributed by atoms with Gasteiger partial charge in [0.2, 0.25) is 5.91 Å². The molecular formula is C8H12N2O. The number of nitrogens with two attached hydrogens (primary N) is 2. The quantitative estimate of drug-likeness (QED) is 0.509. The Labute approximate surface area is 65.4 Å². The summed E-state index contributed by atoms with van der Waals surface area (Å²) in [6, 6.07) is 0. The lowest BCUT2D eigenvalue weighted by atomic mass is 9.87. The van der Waals surface area contributed by atoms with Gasteiger partial charge in [-0.05, 0) is 18.8 Å². The Morgan fingerprint density at radius 3 is 2.64 bits per heavy atom. The normalized spacial score (nSPS) is 46.6. The molecule has 0 unspecified atom stereocenters. The Bertz CT molecular complexity index is 236. The first-order chi connectivity index (χ1) is 5.12. The predicted molar refractivity (Wildman–Crippen MR) is 41.5 cm³/mol. The van der Waals surface area contributed by atoms with Crippen LogP contribution < -0.4 is 11.5 Å². The van der Waals surface area contributed by atoms with Crippen LogP contribution in [-0.2, 0) is 4.79 Å². The van der Waals surface area contributed by atoms with E-state index in [1.54, 1.807) is 0 Å². The Hall–Kier alpha value is -0.830. The van der Waals surface area contributed by atoms with Gasteiger partial charge in [-0.15, -0.1) is 0 Å². The van der Waals surface area contributed by atoms with Crippen LogP contribution in [-0.4, -0.2) is 11.4 Å². The first-order valence-electron chi connectivity index (χ1n) is 3.89. The predicted octanol–water partition coefficient (Wildman–Crippen LogP) is -0.235. The van der Waals surface area contributed by atoms with Crippen LogP contribution in [0.4, 0.5) is 0 Å². The maximum absolute atomic E-state index is 10.9. The van der Waals surface area contributed by atoms with E-state index in [0.29, 0.717) is 5.92 Å². The van der Waals surface area contributed by atoms with Crippen LogP contribution in [0.2, 0.25) is 0 Å². The van der Waals surface area contributed by atoms with Gasteiger partial charge in [0.1, 0.15) is 0 Å². The third kappa shape index (κ3) is 0.807. The van der Waals surface area contributed by atoms with Crippen LogP contribution in [0.3, 0.4) is 0 Å². The summed E-state index contributed by atoms with van der Waals surface area (Å²) < 4.78 is 0. The second-order valence-corrected chi connectivity index (χ2v) is 3.63. The van der Waals surface area contributed by atoms with Gasteiger partial charge in [0, 0.05) is 5.54 Å². The van der Waals surface area contributed by atoms with Crippen LogP contribution in [0, 0.1) is 11.8 Å². The summed E-state index contributed by atoms with van der Waals surface area (Å²) >= 11 is 0. The van der Waals surface area contributed by atoms with Crippen molar-refractivity contribution in [2.24, 2.45) is 23.3 Å². The minimum Gasteiger partial charge on any atom is -0.369 e. The molecule has 2 rings (SSSR count). The average molecular weight is 152 g/mol. The lowest BCUT2D eigenvalue weighted by Crippen LogP contribution is -2.46. The van der Waals surface area contributed by atoms with E-state index < -0.39 is 5.54 Å². The highest BCUT2D eigenvalue weighted by Gasteiger charge is 2.48. The van der Waals surface area contributed by atoms with Crippen molar-refractivity contribution in [1.29, 1.82) is 0 Å². The molecular weight excluding hydrogens is 140 g/mol. The fourth-order valence-corrected chi connectivity index (χ4v) is 2.23. The first kappa shape index (κ1) is 6.85. The molecule has 0 radical (unpaired) electrons. The number of primary amides is 1. The van der Waals surface area contributed by atoms with Crippen molar-refractivity contribution >= 4 is 5.91 Å². The van der Waals surface area contributed by atoms with Crippen LogP contribution in [0.5, 0.6) is 0 Å². The molecule has 60 valence electrons. The van der Waals surface area contributed by atoms with Gasteiger partial charge in [0.05, 0.1) is 5.92 Å². The molecule has 1 fully saturated rings. The van der Waals surface area contributed by atoms with Gasteiger partial charge in [0.15, 0.2) is 0 Å². The molecule has 2 aliphatic carbocycles. The fourth-order valence-electron chi connectivity index (χ4n) is 2.23. The van der Waals surface area contributed by atoms with E-state index in [2.05, 4.69) is 6.08 Å². The zero-order valence-corrected chi connectivity index (χ0v) is 6.29. The van der Waals surface area contributed by atoms with Gasteiger partial charge in [-0.2, -0.15) is 0 Å². The molecule has 0 aromatic rings. The van der Waals surface area contributed by atoms with E-state index >= 15 is 0 Å². The summed E-state index contributed by atoms with van der Waals surface area (Å²) in [5.41, 5.74) is 10.8. The largest absolute Gasteiger partial charge is 0.369 e. The second-order valence-electron chi connectivity index (χ2n) is 3.63. The number of amides is 1. The van der Waals surface area contributed by atoms with Crippen molar-refractivity contribution in [2.75, 3.05) is 0 Å². The Kier molecular flexibility index (Phi) is 1.16. The SMILES string of the molecule is NC(=O)[C@H]1C[C@@H]2C=C[C@@]1(N)C2. The third-order valence-corrected chi connectivity index (χ3v) is 2.83. The van der Waals surface area contributed by atoms with Crippen LogP contribution in [0.15, 0.2) is 12.2 Å². The molecule has 1 amide bonds. The van der Waals surface area contributed by atoms with Crippen molar-refractivity contribution in [2.45, 2.75) is 18.4 Å². The molecule has 4 N–H and O–H groups in total. The van der Waals surface area contributed by atoms with E-state index in [1.807, 2.05) is 6.08 Å². The zero-order valence-electron chi connectivity index (χ0n) is 6.29. The van der Waals surface area contributed by atoms with Crippen LogP contribution in [0.1, 0.15) is 12.8 Å². The summed E-state index contributed by atoms with van der Waals surface area (Å²) in [6.45, 7) is 0. The van der Waals surface area contributed by atoms with Crippen molar-refractivity contribution < 1.29 is 4.79 Å². The standard InChI is InChI=1S/C8H12N2O/c9-7(11)6-3-5-1-2-8(6,10)4-5/h1-2,5-6H,3-4,10H2,(H2,9,11)/t5-,6+,8+/m0/s1. The summed E-state index contributed by atoms with van der Waals surface area (Å²) in [4.78, 5) is 10.9.